The highest BCUT2D eigenvalue weighted by Gasteiger charge is 2.52. The molecule has 1 aliphatic carbocycles. The summed E-state index contributed by atoms with van der Waals surface area (Å²) >= 11 is 0. The molecule has 0 heterocycles. The van der Waals surface area contributed by atoms with Crippen molar-refractivity contribution in [1.29, 1.82) is 0 Å². The summed E-state index contributed by atoms with van der Waals surface area (Å²) in [4.78, 5) is 0. The average Bonchev–Trinajstić information content (AvgIpc) is 3.12. The summed E-state index contributed by atoms with van der Waals surface area (Å²) in [6.07, 6.45) is 2.66. The maximum absolute atomic E-state index is 15.4. The molecule has 0 bridgehead atoms. The Labute approximate surface area is 275 Å². The SMILES string of the molecule is C=C1C=CC=C[CH+]1.Fc1c(F)c(F)c([B-](c2c(F)c(F)c(F)c(F)c2F)(c2c(F)c(F)c(F)c(F)c2F)c2c(F)c(F)c(F)c(F)c2F)c(F)c1F. The van der Waals surface area contributed by atoms with Gasteiger partial charge in [0.05, 0.1) is 5.57 Å². The van der Waals surface area contributed by atoms with Crippen LogP contribution in [-0.2, 0) is 0 Å². The van der Waals surface area contributed by atoms with E-state index in [1.54, 1.807) is 0 Å². The monoisotopic (exact) mass is 770 g/mol. The third-order valence-corrected chi connectivity index (χ3v) is 7.55. The molecular weight excluding hydrogens is 763 g/mol. The van der Waals surface area contributed by atoms with E-state index in [-0.39, 0.29) is 0 Å². The molecule has 274 valence electrons. The van der Waals surface area contributed by atoms with Gasteiger partial charge in [-0.3, -0.25) is 0 Å². The largest absolute Gasteiger partial charge is 0.207 e. The van der Waals surface area contributed by atoms with E-state index >= 15 is 35.1 Å². The second-order valence-electron chi connectivity index (χ2n) is 10.3. The molecule has 0 amide bonds. The molecule has 0 atom stereocenters. The minimum absolute atomic E-state index is 1.07. The molecule has 1 aliphatic rings. The second kappa shape index (κ2) is 14.0. The average molecular weight is 770 g/mol. The Bertz CT molecular complexity index is 1860. The fraction of sp³-hybridized carbons (Fsp3) is 0. The highest BCUT2D eigenvalue weighted by Crippen LogP contribution is 2.30. The van der Waals surface area contributed by atoms with Crippen molar-refractivity contribution in [2.75, 3.05) is 0 Å². The van der Waals surface area contributed by atoms with Crippen molar-refractivity contribution in [1.82, 2.24) is 0 Å². The molecule has 21 heteroatoms. The molecule has 0 N–H and O–H groups in total. The van der Waals surface area contributed by atoms with Crippen LogP contribution in [0.2, 0.25) is 0 Å². The first-order valence-corrected chi connectivity index (χ1v) is 13.2. The van der Waals surface area contributed by atoms with Gasteiger partial charge in [-0.25, -0.2) is 87.8 Å². The van der Waals surface area contributed by atoms with E-state index in [9.17, 15) is 52.7 Å². The number of rotatable bonds is 4. The number of allylic oxidation sites excluding steroid dienone is 5. The Balaban J connectivity index is 0.000000771. The summed E-state index contributed by atoms with van der Waals surface area (Å²) in [6.45, 7) is 3.72. The van der Waals surface area contributed by atoms with Crippen LogP contribution in [0.5, 0.6) is 0 Å². The topological polar surface area (TPSA) is 0 Å². The smallest absolute Gasteiger partial charge is 0.200 e. The Morgan fingerprint density at radius 2 is 0.500 bits per heavy atom. The van der Waals surface area contributed by atoms with E-state index in [0.717, 1.165) is 5.57 Å². The third-order valence-electron chi connectivity index (χ3n) is 7.55. The molecule has 0 aliphatic heterocycles. The lowest BCUT2D eigenvalue weighted by Crippen LogP contribution is -2.81. The number of hydrogen-bond acceptors (Lipinski definition) is 0. The highest BCUT2D eigenvalue weighted by atomic mass is 19.2. The predicted octanol–water partition coefficient (Wildman–Crippen LogP) is 7.72. The van der Waals surface area contributed by atoms with Crippen LogP contribution in [-0.4, -0.2) is 6.15 Å². The van der Waals surface area contributed by atoms with E-state index < -0.39 is 144 Å². The van der Waals surface area contributed by atoms with E-state index in [1.807, 2.05) is 30.7 Å². The van der Waals surface area contributed by atoms with Gasteiger partial charge in [0.2, 0.25) is 0 Å². The summed E-state index contributed by atoms with van der Waals surface area (Å²) in [6, 6.07) is 0. The Morgan fingerprint density at radius 3 is 0.635 bits per heavy atom. The zero-order chi connectivity index (χ0) is 39.5. The Kier molecular flexibility index (Phi) is 10.6. The summed E-state index contributed by atoms with van der Waals surface area (Å²) in [5.41, 5.74) is -13.3. The van der Waals surface area contributed by atoms with Gasteiger partial charge in [0, 0.05) is 30.7 Å². The fourth-order valence-corrected chi connectivity index (χ4v) is 5.35. The van der Waals surface area contributed by atoms with Crippen LogP contribution in [0.4, 0.5) is 87.8 Å². The van der Waals surface area contributed by atoms with Crippen LogP contribution in [0.1, 0.15) is 0 Å². The zero-order valence-corrected chi connectivity index (χ0v) is 24.2. The zero-order valence-electron chi connectivity index (χ0n) is 24.2. The van der Waals surface area contributed by atoms with Gasteiger partial charge >= 0.3 is 0 Å². The van der Waals surface area contributed by atoms with Crippen molar-refractivity contribution in [3.8, 4) is 0 Å². The van der Waals surface area contributed by atoms with Crippen molar-refractivity contribution in [3.05, 3.63) is 159 Å². The maximum atomic E-state index is 15.4. The van der Waals surface area contributed by atoms with E-state index in [1.165, 1.54) is 0 Å². The second-order valence-corrected chi connectivity index (χ2v) is 10.3. The van der Waals surface area contributed by atoms with Gasteiger partial charge in [-0.15, -0.1) is 21.9 Å². The summed E-state index contributed by atoms with van der Waals surface area (Å²) < 4.78 is 294. The Morgan fingerprint density at radius 1 is 0.308 bits per heavy atom. The molecule has 0 fully saturated rings. The van der Waals surface area contributed by atoms with E-state index in [0.29, 0.717) is 0 Å². The van der Waals surface area contributed by atoms with Crippen LogP contribution in [0.25, 0.3) is 0 Å². The summed E-state index contributed by atoms with van der Waals surface area (Å²) in [5.74, 6) is -71.4. The molecule has 0 aromatic heterocycles. The predicted molar refractivity (Wildman–Crippen MR) is 141 cm³/mol. The molecule has 0 saturated carbocycles. The first kappa shape index (κ1) is 39.4. The van der Waals surface area contributed by atoms with Crippen LogP contribution >= 0.6 is 0 Å². The molecule has 5 rings (SSSR count). The maximum Gasteiger partial charge on any atom is 0.200 e. The molecule has 52 heavy (non-hydrogen) atoms. The standard InChI is InChI=1S/C24BF20.C7H7/c26-5-1(6(27)14(35)21(42)13(5)34)25(2-7(28)15(36)22(43)16(37)8(2)29,3-9(30)17(38)23(44)18(39)10(3)31)4-11(32)19(40)24(45)20(41)12(4)33;1-7-5-3-2-4-6-7/h;2-6H,1H2/q-1;+1. The first-order valence-electron chi connectivity index (χ1n) is 13.2. The molecule has 0 nitrogen and oxygen atoms in total. The van der Waals surface area contributed by atoms with Gasteiger partial charge in [0.1, 0.15) is 52.7 Å². The van der Waals surface area contributed by atoms with Gasteiger partial charge in [-0.1, -0.05) is 0 Å². The quantitative estimate of drug-likeness (QED) is 0.0657. The van der Waals surface area contributed by atoms with Crippen LogP contribution in [0.15, 0.2) is 36.5 Å². The van der Waals surface area contributed by atoms with Crippen molar-refractivity contribution < 1.29 is 87.8 Å². The van der Waals surface area contributed by atoms with Crippen LogP contribution < -0.4 is 21.9 Å². The summed E-state index contributed by atoms with van der Waals surface area (Å²) in [5, 5.41) is 0. The molecular formula is C31H7BF20. The molecule has 0 spiro atoms. The van der Waals surface area contributed by atoms with Gasteiger partial charge in [-0.05, 0) is 6.58 Å². The number of hydrogen-bond donors (Lipinski definition) is 0. The lowest BCUT2D eigenvalue weighted by atomic mass is 9.12. The van der Waals surface area contributed by atoms with Gasteiger partial charge < -0.3 is 0 Å². The van der Waals surface area contributed by atoms with Crippen LogP contribution in [0, 0.1) is 123 Å². The van der Waals surface area contributed by atoms with Crippen molar-refractivity contribution in [2.24, 2.45) is 0 Å². The molecule has 4 aromatic carbocycles. The van der Waals surface area contributed by atoms with Crippen molar-refractivity contribution in [3.63, 3.8) is 0 Å². The molecule has 0 saturated heterocycles. The van der Waals surface area contributed by atoms with E-state index in [2.05, 4.69) is 6.58 Å². The fourth-order valence-electron chi connectivity index (χ4n) is 5.35. The minimum atomic E-state index is -7.22. The van der Waals surface area contributed by atoms with Gasteiger partial charge in [-0.2, -0.15) is 0 Å². The lowest BCUT2D eigenvalue weighted by molar-refractivity contribution is 0.378. The molecule has 0 radical (unpaired) electrons. The van der Waals surface area contributed by atoms with Gasteiger partial charge in [0.25, 0.3) is 0 Å². The Hall–Kier alpha value is -5.37. The van der Waals surface area contributed by atoms with Crippen molar-refractivity contribution in [2.45, 2.75) is 0 Å². The van der Waals surface area contributed by atoms with Crippen molar-refractivity contribution >= 4 is 28.0 Å². The molecule has 0 unspecified atom stereocenters. The highest BCUT2D eigenvalue weighted by molar-refractivity contribution is 7.20. The van der Waals surface area contributed by atoms with E-state index in [4.69, 9.17) is 0 Å². The number of benzene rings is 4. The molecule has 4 aromatic rings. The normalized spacial score (nSPS) is 12.7. The number of halogens is 20. The lowest BCUT2D eigenvalue weighted by Gasteiger charge is -2.44. The summed E-state index contributed by atoms with van der Waals surface area (Å²) in [7, 11) is 0. The minimum Gasteiger partial charge on any atom is -0.207 e. The first-order chi connectivity index (χ1) is 24.1. The van der Waals surface area contributed by atoms with Crippen LogP contribution in [0.3, 0.4) is 0 Å². The third kappa shape index (κ3) is 5.65. The van der Waals surface area contributed by atoms with Gasteiger partial charge in [0.15, 0.2) is 69.8 Å².